The van der Waals surface area contributed by atoms with E-state index in [4.69, 9.17) is 18.9 Å². The predicted octanol–water partition coefficient (Wildman–Crippen LogP) is 3.20. The molecule has 3 aliphatic rings. The largest absolute Gasteiger partial charge is 0.498 e. The highest BCUT2D eigenvalue weighted by Crippen LogP contribution is 2.61. The highest BCUT2D eigenvalue weighted by Gasteiger charge is 2.55. The normalized spacial score (nSPS) is 24.0. The van der Waals surface area contributed by atoms with Gasteiger partial charge in [-0.15, -0.1) is 0 Å². The Morgan fingerprint density at radius 3 is 3.07 bits per heavy atom. The van der Waals surface area contributed by atoms with Crippen LogP contribution in [0, 0.1) is 11.3 Å². The van der Waals surface area contributed by atoms with Gasteiger partial charge in [0.2, 0.25) is 12.5 Å². The number of ether oxygens (including phenoxy) is 4. The Labute approximate surface area is 168 Å². The lowest BCUT2D eigenvalue weighted by molar-refractivity contribution is 0.102. The molecule has 0 radical (unpaired) electrons. The fraction of sp³-hybridized carbons (Fsp3) is 0.429. The molecular weight excluding hydrogens is 374 g/mol. The van der Waals surface area contributed by atoms with E-state index in [0.717, 1.165) is 18.8 Å². The van der Waals surface area contributed by atoms with Gasteiger partial charge in [-0.05, 0) is 31.1 Å². The van der Waals surface area contributed by atoms with Gasteiger partial charge in [0.1, 0.15) is 0 Å². The molecule has 1 fully saturated rings. The molecule has 0 spiro atoms. The number of anilines is 1. The van der Waals surface area contributed by atoms with Crippen molar-refractivity contribution >= 4 is 11.6 Å². The third-order valence-corrected chi connectivity index (χ3v) is 6.16. The smallest absolute Gasteiger partial charge is 0.256 e. The maximum absolute atomic E-state index is 12.7. The molecule has 8 nitrogen and oxygen atoms in total. The number of allylic oxidation sites excluding steroid dienone is 2. The first-order valence-electron chi connectivity index (χ1n) is 9.62. The molecule has 1 unspecified atom stereocenters. The quantitative estimate of drug-likeness (QED) is 0.834. The molecule has 8 heteroatoms. The molecule has 1 saturated carbocycles. The molecule has 5 rings (SSSR count). The van der Waals surface area contributed by atoms with E-state index in [9.17, 15) is 4.79 Å². The SMILES string of the molecule is COc1cc(C(=O)Nc2cnn(CC3=C(C)OCC4C[C@@]34C)c2)cc2c1OCO2. The first-order valence-corrected chi connectivity index (χ1v) is 9.62. The van der Waals surface area contributed by atoms with Crippen LogP contribution in [0.1, 0.15) is 30.6 Å². The van der Waals surface area contributed by atoms with Crippen LogP contribution >= 0.6 is 0 Å². The van der Waals surface area contributed by atoms with E-state index in [1.165, 1.54) is 12.7 Å². The van der Waals surface area contributed by atoms with Gasteiger partial charge in [0.15, 0.2) is 11.5 Å². The molecule has 2 aliphatic heterocycles. The van der Waals surface area contributed by atoms with Crippen LogP contribution < -0.4 is 19.5 Å². The van der Waals surface area contributed by atoms with Crippen molar-refractivity contribution in [1.82, 2.24) is 9.78 Å². The minimum Gasteiger partial charge on any atom is -0.498 e. The summed E-state index contributed by atoms with van der Waals surface area (Å²) in [5.74, 6) is 2.81. The maximum atomic E-state index is 12.7. The van der Waals surface area contributed by atoms with Crippen LogP contribution in [0.2, 0.25) is 0 Å². The van der Waals surface area contributed by atoms with Crippen molar-refractivity contribution in [2.24, 2.45) is 11.3 Å². The van der Waals surface area contributed by atoms with Gasteiger partial charge in [0, 0.05) is 23.1 Å². The third-order valence-electron chi connectivity index (χ3n) is 6.16. The Kier molecular flexibility index (Phi) is 3.97. The second kappa shape index (κ2) is 6.43. The number of hydrogen-bond acceptors (Lipinski definition) is 6. The second-order valence-electron chi connectivity index (χ2n) is 7.96. The summed E-state index contributed by atoms with van der Waals surface area (Å²) in [4.78, 5) is 12.7. The van der Waals surface area contributed by atoms with Crippen LogP contribution in [-0.2, 0) is 11.3 Å². The predicted molar refractivity (Wildman–Crippen MR) is 104 cm³/mol. The number of carbonyl (C=O) groups is 1. The van der Waals surface area contributed by atoms with Gasteiger partial charge in [-0.3, -0.25) is 9.48 Å². The van der Waals surface area contributed by atoms with Crippen molar-refractivity contribution in [2.75, 3.05) is 25.8 Å². The van der Waals surface area contributed by atoms with Gasteiger partial charge in [-0.25, -0.2) is 0 Å². The summed E-state index contributed by atoms with van der Waals surface area (Å²) in [6, 6.07) is 3.28. The van der Waals surface area contributed by atoms with Crippen molar-refractivity contribution in [3.63, 3.8) is 0 Å². The van der Waals surface area contributed by atoms with Crippen LogP contribution in [0.25, 0.3) is 0 Å². The van der Waals surface area contributed by atoms with Crippen molar-refractivity contribution in [2.45, 2.75) is 26.8 Å². The molecule has 2 atom stereocenters. The van der Waals surface area contributed by atoms with Gasteiger partial charge >= 0.3 is 0 Å². The van der Waals surface area contributed by atoms with Crippen molar-refractivity contribution in [1.29, 1.82) is 0 Å². The number of rotatable bonds is 5. The van der Waals surface area contributed by atoms with Gasteiger partial charge in [0.05, 0.1) is 37.9 Å². The number of hydrogen-bond donors (Lipinski definition) is 1. The molecular formula is C21H23N3O5. The van der Waals surface area contributed by atoms with E-state index in [1.54, 1.807) is 18.3 Å². The number of carbonyl (C=O) groups excluding carboxylic acids is 1. The van der Waals surface area contributed by atoms with Crippen LogP contribution in [0.4, 0.5) is 5.69 Å². The lowest BCUT2D eigenvalue weighted by Gasteiger charge is -2.25. The zero-order chi connectivity index (χ0) is 20.2. The number of fused-ring (bicyclic) bond motifs is 2. The number of methoxy groups -OCH3 is 1. The van der Waals surface area contributed by atoms with Crippen molar-refractivity contribution < 1.29 is 23.7 Å². The lowest BCUT2D eigenvalue weighted by Crippen LogP contribution is -2.20. The Hall–Kier alpha value is -3.16. The standard InChI is InChI=1S/C21H23N3O5/c1-12-16(21(2)6-14(21)10-27-12)9-24-8-15(7-22-24)23-20(25)13-4-17(26-3)19-18(5-13)28-11-29-19/h4-5,7-8,14H,6,9-11H2,1-3H3,(H,23,25)/t14?,21-/m1/s1. The van der Waals surface area contributed by atoms with E-state index in [0.29, 0.717) is 41.0 Å². The first kappa shape index (κ1) is 17.9. The van der Waals surface area contributed by atoms with E-state index in [-0.39, 0.29) is 18.1 Å². The van der Waals surface area contributed by atoms with Gasteiger partial charge in [-0.1, -0.05) is 6.92 Å². The maximum Gasteiger partial charge on any atom is 0.256 e. The summed E-state index contributed by atoms with van der Waals surface area (Å²) in [7, 11) is 1.53. The van der Waals surface area contributed by atoms with Crippen molar-refractivity contribution in [3.05, 3.63) is 41.4 Å². The Morgan fingerprint density at radius 2 is 2.24 bits per heavy atom. The molecule has 1 aromatic carbocycles. The van der Waals surface area contributed by atoms with Gasteiger partial charge in [-0.2, -0.15) is 5.10 Å². The van der Waals surface area contributed by atoms with Gasteiger partial charge in [0.25, 0.3) is 5.91 Å². The third kappa shape index (κ3) is 2.99. The summed E-state index contributed by atoms with van der Waals surface area (Å²) in [5, 5.41) is 7.29. The molecule has 1 amide bonds. The molecule has 2 aromatic rings. The second-order valence-corrected chi connectivity index (χ2v) is 7.96. The van der Waals surface area contributed by atoms with Crippen LogP contribution in [0.15, 0.2) is 35.9 Å². The molecule has 0 bridgehead atoms. The number of aromatic nitrogens is 2. The number of nitrogens with one attached hydrogen (secondary N) is 1. The van der Waals surface area contributed by atoms with E-state index in [1.807, 2.05) is 17.8 Å². The molecule has 1 N–H and O–H groups in total. The van der Waals surface area contributed by atoms with Crippen molar-refractivity contribution in [3.8, 4) is 17.2 Å². The fourth-order valence-corrected chi connectivity index (χ4v) is 4.21. The minimum absolute atomic E-state index is 0.113. The Balaban J connectivity index is 1.31. The molecule has 152 valence electrons. The molecule has 3 heterocycles. The molecule has 1 aromatic heterocycles. The molecule has 1 aliphatic carbocycles. The average Bonchev–Trinajstić information content (AvgIpc) is 3.05. The fourth-order valence-electron chi connectivity index (χ4n) is 4.21. The number of benzene rings is 1. The summed E-state index contributed by atoms with van der Waals surface area (Å²) in [6.07, 6.45) is 4.64. The summed E-state index contributed by atoms with van der Waals surface area (Å²) >= 11 is 0. The van der Waals surface area contributed by atoms with Gasteiger partial charge < -0.3 is 24.3 Å². The highest BCUT2D eigenvalue weighted by molar-refractivity contribution is 6.05. The summed E-state index contributed by atoms with van der Waals surface area (Å²) < 4.78 is 23.7. The van der Waals surface area contributed by atoms with Crippen LogP contribution in [0.3, 0.4) is 0 Å². The highest BCUT2D eigenvalue weighted by atomic mass is 16.7. The Bertz CT molecular complexity index is 1030. The summed E-state index contributed by atoms with van der Waals surface area (Å²) in [5.41, 5.74) is 2.56. The van der Waals surface area contributed by atoms with E-state index < -0.39 is 0 Å². The summed E-state index contributed by atoms with van der Waals surface area (Å²) in [6.45, 7) is 5.90. The monoisotopic (exact) mass is 397 g/mol. The van der Waals surface area contributed by atoms with Crippen LogP contribution in [-0.4, -0.2) is 36.2 Å². The molecule has 29 heavy (non-hydrogen) atoms. The van der Waals surface area contributed by atoms with E-state index in [2.05, 4.69) is 17.3 Å². The zero-order valence-corrected chi connectivity index (χ0v) is 16.7. The molecule has 0 saturated heterocycles. The Morgan fingerprint density at radius 1 is 1.38 bits per heavy atom. The first-order chi connectivity index (χ1) is 14.0. The minimum atomic E-state index is -0.272. The average molecular weight is 397 g/mol. The zero-order valence-electron chi connectivity index (χ0n) is 16.7. The van der Waals surface area contributed by atoms with E-state index >= 15 is 0 Å². The lowest BCUT2D eigenvalue weighted by atomic mass is 9.92. The van der Waals surface area contributed by atoms with Crippen LogP contribution in [0.5, 0.6) is 17.2 Å². The number of nitrogens with zero attached hydrogens (tertiary/aromatic N) is 2. The topological polar surface area (TPSA) is 83.8 Å². The number of amides is 1.